The van der Waals surface area contributed by atoms with Crippen LogP contribution in [0.2, 0.25) is 0 Å². The highest BCUT2D eigenvalue weighted by Gasteiger charge is 2.35. The van der Waals surface area contributed by atoms with Crippen molar-refractivity contribution in [1.82, 2.24) is 36.2 Å². The number of primary amides is 1. The number of nitrogens with two attached hydrogens (primary N) is 2. The molecule has 0 aliphatic heterocycles. The van der Waals surface area contributed by atoms with Gasteiger partial charge < -0.3 is 57.6 Å². The number of aliphatic hydroxyl groups is 1. The highest BCUT2D eigenvalue weighted by Crippen LogP contribution is 2.38. The largest absolute Gasteiger partial charge is 0.469 e. The van der Waals surface area contributed by atoms with Crippen molar-refractivity contribution in [3.63, 3.8) is 0 Å². The molecule has 2 aromatic rings. The molecule has 0 spiro atoms. The summed E-state index contributed by atoms with van der Waals surface area (Å²) in [6, 6.07) is 4.06. The Bertz CT molecular complexity index is 1590. The Morgan fingerprint density at radius 2 is 1.61 bits per heavy atom. The molecule has 0 saturated carbocycles. The molecule has 0 radical (unpaired) electrons. The van der Waals surface area contributed by atoms with Gasteiger partial charge in [0.1, 0.15) is 30.4 Å². The first-order valence-electron chi connectivity index (χ1n) is 17.3. The van der Waals surface area contributed by atoms with Crippen LogP contribution in [0.25, 0.3) is 0 Å². The Morgan fingerprint density at radius 1 is 0.981 bits per heavy atom. The number of amides is 5. The lowest BCUT2D eigenvalue weighted by atomic mass is 10.0. The number of nitrogens with one attached hydrogen (secondary N) is 5. The van der Waals surface area contributed by atoms with Crippen LogP contribution in [0.4, 0.5) is 0 Å². The second kappa shape index (κ2) is 22.5. The summed E-state index contributed by atoms with van der Waals surface area (Å²) in [5.74, 6) is 1.76. The molecule has 300 valence electrons. The van der Waals surface area contributed by atoms with E-state index in [4.69, 9.17) is 21.4 Å². The van der Waals surface area contributed by atoms with E-state index in [1.807, 2.05) is 44.2 Å². The molecule has 0 bridgehead atoms. The van der Waals surface area contributed by atoms with E-state index < -0.39 is 74.2 Å². The third-order valence-electron chi connectivity index (χ3n) is 8.08. The fraction of sp³-hybridized carbons (Fsp3) is 0.515. The van der Waals surface area contributed by atoms with Crippen molar-refractivity contribution in [3.8, 4) is 0 Å². The van der Waals surface area contributed by atoms with Gasteiger partial charge in [0, 0.05) is 37.7 Å². The lowest BCUT2D eigenvalue weighted by Gasteiger charge is -2.27. The van der Waals surface area contributed by atoms with Crippen molar-refractivity contribution in [1.29, 1.82) is 0 Å². The molecule has 54 heavy (non-hydrogen) atoms. The number of hydrazine groups is 1. The number of quaternary nitrogens is 1. The molecule has 1 heterocycles. The van der Waals surface area contributed by atoms with Gasteiger partial charge in [-0.05, 0) is 37.7 Å². The second-order valence-corrected chi connectivity index (χ2v) is 14.2. The van der Waals surface area contributed by atoms with E-state index in [9.17, 15) is 33.6 Å². The van der Waals surface area contributed by atoms with Crippen LogP contribution in [0.15, 0.2) is 54.8 Å². The number of phosphoric acid groups is 1. The number of benzene rings is 1. The molecule has 1 aromatic carbocycles. The maximum Gasteiger partial charge on any atom is 0.469 e. The Balaban J connectivity index is 2.11. The molecule has 20 nitrogen and oxygen atoms in total. The normalized spacial score (nSPS) is 14.6. The number of allylic oxidation sites excluding steroid dienone is 1. The van der Waals surface area contributed by atoms with E-state index in [1.54, 1.807) is 11.2 Å². The summed E-state index contributed by atoms with van der Waals surface area (Å²) in [4.78, 5) is 90.1. The number of phosphoric ester groups is 1. The number of aromatic nitrogens is 2. The van der Waals surface area contributed by atoms with Gasteiger partial charge in [0.2, 0.25) is 29.5 Å². The van der Waals surface area contributed by atoms with Crippen LogP contribution >= 0.6 is 7.82 Å². The summed E-state index contributed by atoms with van der Waals surface area (Å²) >= 11 is 0. The topological polar surface area (TPSA) is 332 Å². The first-order valence-corrected chi connectivity index (χ1v) is 18.8. The van der Waals surface area contributed by atoms with Gasteiger partial charge in [0.15, 0.2) is 0 Å². The molecule has 0 saturated heterocycles. The molecule has 0 aliphatic carbocycles. The van der Waals surface area contributed by atoms with Gasteiger partial charge in [-0.1, -0.05) is 44.2 Å². The van der Waals surface area contributed by atoms with Crippen molar-refractivity contribution in [2.75, 3.05) is 13.2 Å². The van der Waals surface area contributed by atoms with E-state index in [-0.39, 0.29) is 31.6 Å². The monoisotopic (exact) mass is 781 g/mol. The molecule has 0 fully saturated rings. The number of hydrogen-bond acceptors (Lipinski definition) is 11. The van der Waals surface area contributed by atoms with Crippen LogP contribution < -0.4 is 38.6 Å². The molecule has 5 amide bonds. The smallest absolute Gasteiger partial charge is 0.394 e. The zero-order chi connectivity index (χ0) is 40.4. The van der Waals surface area contributed by atoms with E-state index in [2.05, 4.69) is 41.5 Å². The Hall–Kier alpha value is -4.69. The molecule has 21 heteroatoms. The van der Waals surface area contributed by atoms with Crippen LogP contribution in [-0.2, 0) is 45.9 Å². The standard InChI is InChI=1S/C33H53N10O10P/c1-20(2)14-25(39-28(45)12-11-24(16-34)43(36)13-7-10-22-8-5-4-6-9-22)31(47)40-26(15-23-17-37-19-38-23)32(48)41-27(18-44)33(49)42-29(30(35)46)21(3)53-54(50,51)52/h4-6,8-9,16-17,19-21,25-27,29,44H,7,10-15,18,34,36H2,1-3H3,(H2,35,46)(H,37,38)(H,39,45)(H,40,47)(H,41,48)(H,42,49)(H2,50,51,52)/p+1/b24-16-/t21-,25+,26+,27+,29+/m1/s1. The Labute approximate surface area is 313 Å². The Kier molecular flexibility index (Phi) is 19.0. The summed E-state index contributed by atoms with van der Waals surface area (Å²) in [7, 11) is -5.09. The summed E-state index contributed by atoms with van der Waals surface area (Å²) in [6.07, 6.45) is 4.65. The number of aryl methyl sites for hydroxylation is 1. The highest BCUT2D eigenvalue weighted by molar-refractivity contribution is 7.46. The van der Waals surface area contributed by atoms with Crippen molar-refractivity contribution in [3.05, 3.63) is 66.0 Å². The molecular formula is C33H54N10O10P+. The molecule has 15 N–H and O–H groups in total. The summed E-state index contributed by atoms with van der Waals surface area (Å²) in [5.41, 5.74) is 11.3. The number of carbonyl (C=O) groups is 5. The van der Waals surface area contributed by atoms with Crippen molar-refractivity contribution >= 4 is 37.4 Å². The van der Waals surface area contributed by atoms with E-state index in [0.717, 1.165) is 19.8 Å². The Morgan fingerprint density at radius 3 is 2.17 bits per heavy atom. The van der Waals surface area contributed by atoms with Crippen molar-refractivity contribution in [2.24, 2.45) is 17.5 Å². The van der Waals surface area contributed by atoms with Gasteiger partial charge in [-0.2, -0.15) is 0 Å². The number of nitrogens with zero attached hydrogens (tertiary/aromatic N) is 2. The molecular weight excluding hydrogens is 727 g/mol. The van der Waals surface area contributed by atoms with Crippen LogP contribution in [0.3, 0.4) is 0 Å². The number of rotatable bonds is 24. The molecule has 0 aliphatic rings. The lowest BCUT2D eigenvalue weighted by Crippen LogP contribution is -2.60. The average molecular weight is 782 g/mol. The molecule has 1 aromatic heterocycles. The fourth-order valence-corrected chi connectivity index (χ4v) is 5.89. The second-order valence-electron chi connectivity index (χ2n) is 13.0. The first-order chi connectivity index (χ1) is 25.4. The van der Waals surface area contributed by atoms with Crippen molar-refractivity contribution in [2.45, 2.75) is 89.6 Å². The zero-order valence-corrected chi connectivity index (χ0v) is 31.5. The molecule has 5 atom stereocenters. The predicted molar refractivity (Wildman–Crippen MR) is 194 cm³/mol. The van der Waals surface area contributed by atoms with Crippen LogP contribution in [0.5, 0.6) is 0 Å². The highest BCUT2D eigenvalue weighted by atomic mass is 31.2. The average Bonchev–Trinajstić information content (AvgIpc) is 3.61. The summed E-state index contributed by atoms with van der Waals surface area (Å²) in [6.45, 7) is 4.32. The zero-order valence-electron chi connectivity index (χ0n) is 30.6. The first kappa shape index (κ1) is 45.5. The minimum Gasteiger partial charge on any atom is -0.394 e. The summed E-state index contributed by atoms with van der Waals surface area (Å²) < 4.78 is 15.7. The third-order valence-corrected chi connectivity index (χ3v) is 8.69. The molecule has 0 unspecified atom stereocenters. The van der Waals surface area contributed by atoms with E-state index >= 15 is 0 Å². The predicted octanol–water partition coefficient (Wildman–Crippen LogP) is -2.42. The quantitative estimate of drug-likeness (QED) is 0.0301. The number of carbonyl (C=O) groups excluding carboxylic acids is 5. The van der Waals surface area contributed by atoms with Crippen molar-refractivity contribution < 1.29 is 53.7 Å². The maximum absolute atomic E-state index is 13.7. The lowest BCUT2D eigenvalue weighted by molar-refractivity contribution is -0.278. The SMILES string of the molecule is CC(C)C[C@H](NC(=O)CC/C(=C/[NH3+])N(N)CCCc1ccccc1)C(=O)N[C@@H](Cc1cnc[nH]1)C(=O)N[C@@H](CO)C(=O)N[C@H](C(N)=O)[C@@H](C)OP(=O)(O)O. The number of aliphatic hydroxyl groups excluding tert-OH is 1. The van der Waals surface area contributed by atoms with Crippen LogP contribution in [0.1, 0.15) is 57.7 Å². The van der Waals surface area contributed by atoms with Gasteiger partial charge >= 0.3 is 7.82 Å². The van der Waals surface area contributed by atoms with Gasteiger partial charge in [-0.3, -0.25) is 28.5 Å². The van der Waals surface area contributed by atoms with Gasteiger partial charge in [0.25, 0.3) is 0 Å². The third kappa shape index (κ3) is 16.5. The van der Waals surface area contributed by atoms with Crippen LogP contribution in [-0.4, -0.2) is 103 Å². The number of aromatic amines is 1. The van der Waals surface area contributed by atoms with Gasteiger partial charge in [-0.25, -0.2) is 15.4 Å². The minimum atomic E-state index is -5.09. The summed E-state index contributed by atoms with van der Waals surface area (Å²) in [5, 5.41) is 21.2. The van der Waals surface area contributed by atoms with E-state index in [1.165, 1.54) is 18.1 Å². The van der Waals surface area contributed by atoms with Gasteiger partial charge in [0.05, 0.1) is 24.7 Å². The minimum absolute atomic E-state index is 0.00885. The van der Waals surface area contributed by atoms with Crippen LogP contribution in [0, 0.1) is 5.92 Å². The van der Waals surface area contributed by atoms with Gasteiger partial charge in [-0.15, -0.1) is 0 Å². The maximum atomic E-state index is 13.7. The number of H-pyrrole nitrogens is 1. The fourth-order valence-electron chi connectivity index (χ4n) is 5.33. The number of hydrogen-bond donors (Lipinski definition) is 11. The molecule has 2 rings (SSSR count). The number of imidazole rings is 1. The van der Waals surface area contributed by atoms with E-state index in [0.29, 0.717) is 17.9 Å².